The second-order valence-electron chi connectivity index (χ2n) is 4.31. The largest absolute Gasteiger partial charge is 0.330 e. The van der Waals surface area contributed by atoms with Gasteiger partial charge in [-0.25, -0.2) is 0 Å². The van der Waals surface area contributed by atoms with Crippen molar-refractivity contribution in [3.63, 3.8) is 0 Å². The van der Waals surface area contributed by atoms with Gasteiger partial charge in [0.25, 0.3) is 0 Å². The Labute approximate surface area is 90.3 Å². The average molecular weight is 209 g/mol. The first-order valence-electron chi connectivity index (χ1n) is 5.55. The summed E-state index contributed by atoms with van der Waals surface area (Å²) in [5.74, 6) is 1.77. The van der Waals surface area contributed by atoms with E-state index >= 15 is 0 Å². The molecule has 0 atom stereocenters. The number of hydrogen-bond donors (Lipinski definition) is 1. The van der Waals surface area contributed by atoms with Crippen LogP contribution >= 0.6 is 0 Å². The van der Waals surface area contributed by atoms with Gasteiger partial charge in [-0.3, -0.25) is 4.90 Å². The summed E-state index contributed by atoms with van der Waals surface area (Å²) in [6.45, 7) is 4.01. The molecule has 1 aliphatic rings. The van der Waals surface area contributed by atoms with Crippen LogP contribution in [0.15, 0.2) is 6.33 Å². The third kappa shape index (κ3) is 2.54. The van der Waals surface area contributed by atoms with Crippen LogP contribution in [0.25, 0.3) is 0 Å². The molecule has 84 valence electrons. The standard InChI is InChI=1S/C10H19N5/c1-14-8-12-13-10(14)7-15-4-2-9(6-11)3-5-15/h8-9H,2-7,11H2,1H3. The van der Waals surface area contributed by atoms with Gasteiger partial charge in [0.2, 0.25) is 0 Å². The van der Waals surface area contributed by atoms with E-state index in [4.69, 9.17) is 5.73 Å². The molecule has 15 heavy (non-hydrogen) atoms. The van der Waals surface area contributed by atoms with E-state index < -0.39 is 0 Å². The molecule has 2 heterocycles. The topological polar surface area (TPSA) is 60.0 Å². The summed E-state index contributed by atoms with van der Waals surface area (Å²) < 4.78 is 1.98. The van der Waals surface area contributed by atoms with Crippen LogP contribution in [0.2, 0.25) is 0 Å². The predicted molar refractivity (Wildman–Crippen MR) is 58.1 cm³/mol. The van der Waals surface area contributed by atoms with Crippen LogP contribution in [0.1, 0.15) is 18.7 Å². The number of nitrogens with zero attached hydrogens (tertiary/aromatic N) is 4. The van der Waals surface area contributed by atoms with Gasteiger partial charge >= 0.3 is 0 Å². The monoisotopic (exact) mass is 209 g/mol. The maximum atomic E-state index is 5.66. The van der Waals surface area contributed by atoms with E-state index in [1.807, 2.05) is 11.6 Å². The Morgan fingerprint density at radius 2 is 2.20 bits per heavy atom. The van der Waals surface area contributed by atoms with Crippen LogP contribution in [-0.4, -0.2) is 39.3 Å². The Kier molecular flexibility index (Phi) is 3.33. The molecule has 0 unspecified atom stereocenters. The fraction of sp³-hybridized carbons (Fsp3) is 0.800. The molecule has 5 heteroatoms. The molecule has 2 N–H and O–H groups in total. The Bertz CT molecular complexity index is 301. The number of hydrogen-bond acceptors (Lipinski definition) is 4. The van der Waals surface area contributed by atoms with Crippen LogP contribution < -0.4 is 5.73 Å². The van der Waals surface area contributed by atoms with Crippen LogP contribution in [-0.2, 0) is 13.6 Å². The molecule has 0 bridgehead atoms. The summed E-state index contributed by atoms with van der Waals surface area (Å²) in [6.07, 6.45) is 4.19. The van der Waals surface area contributed by atoms with Crippen molar-refractivity contribution in [3.8, 4) is 0 Å². The molecule has 1 aliphatic heterocycles. The average Bonchev–Trinajstić information content (AvgIpc) is 2.66. The number of rotatable bonds is 3. The highest BCUT2D eigenvalue weighted by Gasteiger charge is 2.18. The number of aryl methyl sites for hydroxylation is 1. The summed E-state index contributed by atoms with van der Waals surface area (Å²) in [4.78, 5) is 2.43. The van der Waals surface area contributed by atoms with Crippen molar-refractivity contribution in [1.29, 1.82) is 0 Å². The lowest BCUT2D eigenvalue weighted by atomic mass is 9.97. The lowest BCUT2D eigenvalue weighted by Crippen LogP contribution is -2.36. The van der Waals surface area contributed by atoms with Crippen LogP contribution in [0.4, 0.5) is 0 Å². The molecular formula is C10H19N5. The van der Waals surface area contributed by atoms with E-state index in [2.05, 4.69) is 15.1 Å². The van der Waals surface area contributed by atoms with Crippen LogP contribution in [0.5, 0.6) is 0 Å². The first kappa shape index (κ1) is 10.6. The smallest absolute Gasteiger partial charge is 0.146 e. The third-order valence-corrected chi connectivity index (χ3v) is 3.21. The van der Waals surface area contributed by atoms with Crippen LogP contribution in [0.3, 0.4) is 0 Å². The van der Waals surface area contributed by atoms with Crippen molar-refractivity contribution in [2.24, 2.45) is 18.7 Å². The highest BCUT2D eigenvalue weighted by Crippen LogP contribution is 2.16. The van der Waals surface area contributed by atoms with Gasteiger partial charge < -0.3 is 10.3 Å². The van der Waals surface area contributed by atoms with Gasteiger partial charge in [0.05, 0.1) is 6.54 Å². The molecule has 5 nitrogen and oxygen atoms in total. The molecular weight excluding hydrogens is 190 g/mol. The van der Waals surface area contributed by atoms with Crippen molar-refractivity contribution in [2.75, 3.05) is 19.6 Å². The summed E-state index contributed by atoms with van der Waals surface area (Å²) in [7, 11) is 1.99. The quantitative estimate of drug-likeness (QED) is 0.760. The predicted octanol–water partition coefficient (Wildman–Crippen LogP) is -0.0142. The van der Waals surface area contributed by atoms with E-state index in [9.17, 15) is 0 Å². The zero-order valence-corrected chi connectivity index (χ0v) is 9.26. The van der Waals surface area contributed by atoms with Crippen molar-refractivity contribution in [2.45, 2.75) is 19.4 Å². The van der Waals surface area contributed by atoms with Crippen molar-refractivity contribution in [1.82, 2.24) is 19.7 Å². The summed E-state index contributed by atoms with van der Waals surface area (Å²) in [6, 6.07) is 0. The normalized spacial score (nSPS) is 19.6. The molecule has 0 aromatic carbocycles. The summed E-state index contributed by atoms with van der Waals surface area (Å²) >= 11 is 0. The number of piperidine rings is 1. The second kappa shape index (κ2) is 4.72. The van der Waals surface area contributed by atoms with Crippen molar-refractivity contribution < 1.29 is 0 Å². The maximum absolute atomic E-state index is 5.66. The van der Waals surface area contributed by atoms with Gasteiger partial charge in [-0.2, -0.15) is 0 Å². The number of nitrogens with two attached hydrogens (primary N) is 1. The highest BCUT2D eigenvalue weighted by molar-refractivity contribution is 4.85. The number of aromatic nitrogens is 3. The number of likely N-dealkylation sites (tertiary alicyclic amines) is 1. The SMILES string of the molecule is Cn1cnnc1CN1CCC(CN)CC1. The molecule has 0 saturated carbocycles. The molecule has 0 amide bonds. The molecule has 1 fully saturated rings. The van der Waals surface area contributed by atoms with Gasteiger partial charge in [-0.1, -0.05) is 0 Å². The van der Waals surface area contributed by atoms with Gasteiger partial charge in [0, 0.05) is 7.05 Å². The molecule has 1 saturated heterocycles. The van der Waals surface area contributed by atoms with Crippen LogP contribution in [0, 0.1) is 5.92 Å². The first-order chi connectivity index (χ1) is 7.29. The minimum absolute atomic E-state index is 0.723. The van der Waals surface area contributed by atoms with E-state index in [1.165, 1.54) is 12.8 Å². The van der Waals surface area contributed by atoms with E-state index in [1.54, 1.807) is 6.33 Å². The lowest BCUT2D eigenvalue weighted by Gasteiger charge is -2.30. The van der Waals surface area contributed by atoms with Gasteiger partial charge in [0.1, 0.15) is 12.2 Å². The maximum Gasteiger partial charge on any atom is 0.146 e. The molecule has 1 aromatic heterocycles. The first-order valence-corrected chi connectivity index (χ1v) is 5.55. The molecule has 1 aromatic rings. The van der Waals surface area contributed by atoms with E-state index in [0.29, 0.717) is 0 Å². The zero-order chi connectivity index (χ0) is 10.7. The Morgan fingerprint density at radius 3 is 2.73 bits per heavy atom. The van der Waals surface area contributed by atoms with E-state index in [0.717, 1.165) is 37.9 Å². The second-order valence-corrected chi connectivity index (χ2v) is 4.31. The lowest BCUT2D eigenvalue weighted by molar-refractivity contribution is 0.175. The molecule has 2 rings (SSSR count). The fourth-order valence-corrected chi connectivity index (χ4v) is 2.03. The zero-order valence-electron chi connectivity index (χ0n) is 9.26. The van der Waals surface area contributed by atoms with Crippen molar-refractivity contribution >= 4 is 0 Å². The fourth-order valence-electron chi connectivity index (χ4n) is 2.03. The Balaban J connectivity index is 1.85. The van der Waals surface area contributed by atoms with Gasteiger partial charge in [0.15, 0.2) is 0 Å². The van der Waals surface area contributed by atoms with E-state index in [-0.39, 0.29) is 0 Å². The molecule has 0 aliphatic carbocycles. The summed E-state index contributed by atoms with van der Waals surface area (Å²) in [5.41, 5.74) is 5.66. The Hall–Kier alpha value is -0.940. The minimum Gasteiger partial charge on any atom is -0.330 e. The molecule has 0 spiro atoms. The Morgan fingerprint density at radius 1 is 1.47 bits per heavy atom. The molecule has 0 radical (unpaired) electrons. The third-order valence-electron chi connectivity index (χ3n) is 3.21. The highest BCUT2D eigenvalue weighted by atomic mass is 15.3. The van der Waals surface area contributed by atoms with Crippen molar-refractivity contribution in [3.05, 3.63) is 12.2 Å². The van der Waals surface area contributed by atoms with Gasteiger partial charge in [-0.05, 0) is 38.4 Å². The van der Waals surface area contributed by atoms with Gasteiger partial charge in [-0.15, -0.1) is 10.2 Å². The minimum atomic E-state index is 0.723. The summed E-state index contributed by atoms with van der Waals surface area (Å²) in [5, 5.41) is 7.98.